The Kier molecular flexibility index (Phi) is 4.20. The Bertz CT molecular complexity index is 897. The van der Waals surface area contributed by atoms with E-state index in [9.17, 15) is 4.39 Å². The molecule has 0 radical (unpaired) electrons. The lowest BCUT2D eigenvalue weighted by molar-refractivity contribution is 0.413. The fourth-order valence-corrected chi connectivity index (χ4v) is 2.56. The summed E-state index contributed by atoms with van der Waals surface area (Å²) < 4.78 is 24.9. The van der Waals surface area contributed by atoms with Gasteiger partial charge in [0.15, 0.2) is 5.82 Å². The van der Waals surface area contributed by atoms with Gasteiger partial charge in [0.25, 0.3) is 0 Å². The molecule has 1 aromatic heterocycles. The Labute approximate surface area is 139 Å². The molecule has 0 spiro atoms. The van der Waals surface area contributed by atoms with E-state index in [1.165, 1.54) is 13.2 Å². The van der Waals surface area contributed by atoms with Crippen LogP contribution in [0.5, 0.6) is 11.5 Å². The van der Waals surface area contributed by atoms with E-state index in [1.807, 2.05) is 37.2 Å². The molecule has 0 amide bonds. The number of anilines is 1. The standard InChI is InChI=1S/C18H18FN3O2/c1-22(2)18-12-10-11(23-3)8-9-14(12)20-17(21-18)16-13(19)6-5-7-15(16)24-4/h5-10H,1-4H3. The van der Waals surface area contributed by atoms with Crippen LogP contribution >= 0.6 is 0 Å². The molecule has 6 heteroatoms. The summed E-state index contributed by atoms with van der Waals surface area (Å²) in [5, 5.41) is 0.832. The molecular formula is C18H18FN3O2. The van der Waals surface area contributed by atoms with Gasteiger partial charge in [-0.05, 0) is 30.3 Å². The normalized spacial score (nSPS) is 10.7. The number of rotatable bonds is 4. The molecule has 0 aliphatic heterocycles. The molecule has 0 saturated heterocycles. The van der Waals surface area contributed by atoms with Crippen LogP contribution in [-0.2, 0) is 0 Å². The van der Waals surface area contributed by atoms with Crippen molar-refractivity contribution in [3.05, 3.63) is 42.2 Å². The zero-order valence-corrected chi connectivity index (χ0v) is 14.0. The molecule has 1 heterocycles. The van der Waals surface area contributed by atoms with E-state index in [0.29, 0.717) is 22.8 Å². The fourth-order valence-electron chi connectivity index (χ4n) is 2.56. The first kappa shape index (κ1) is 16.0. The second kappa shape index (κ2) is 6.31. The Balaban J connectivity index is 2.32. The molecule has 0 atom stereocenters. The molecule has 0 bridgehead atoms. The van der Waals surface area contributed by atoms with Crippen molar-refractivity contribution >= 4 is 16.7 Å². The smallest absolute Gasteiger partial charge is 0.168 e. The summed E-state index contributed by atoms with van der Waals surface area (Å²) >= 11 is 0. The summed E-state index contributed by atoms with van der Waals surface area (Å²) in [6.45, 7) is 0. The number of benzene rings is 2. The first-order valence-corrected chi connectivity index (χ1v) is 7.41. The third-order valence-electron chi connectivity index (χ3n) is 3.73. The number of hydrogen-bond acceptors (Lipinski definition) is 5. The van der Waals surface area contributed by atoms with Crippen molar-refractivity contribution in [1.29, 1.82) is 0 Å². The lowest BCUT2D eigenvalue weighted by Crippen LogP contribution is -2.12. The van der Waals surface area contributed by atoms with E-state index in [0.717, 1.165) is 5.39 Å². The monoisotopic (exact) mass is 327 g/mol. The quantitative estimate of drug-likeness (QED) is 0.734. The summed E-state index contributed by atoms with van der Waals surface area (Å²) in [5.41, 5.74) is 0.954. The Morgan fingerprint density at radius 2 is 1.79 bits per heavy atom. The highest BCUT2D eigenvalue weighted by molar-refractivity contribution is 5.92. The van der Waals surface area contributed by atoms with Crippen LogP contribution in [-0.4, -0.2) is 38.3 Å². The number of nitrogens with zero attached hydrogens (tertiary/aromatic N) is 3. The minimum Gasteiger partial charge on any atom is -0.497 e. The van der Waals surface area contributed by atoms with Gasteiger partial charge in [0.05, 0.1) is 25.3 Å². The number of fused-ring (bicyclic) bond motifs is 1. The topological polar surface area (TPSA) is 47.5 Å². The highest BCUT2D eigenvalue weighted by Gasteiger charge is 2.18. The zero-order chi connectivity index (χ0) is 17.3. The summed E-state index contributed by atoms with van der Waals surface area (Å²) in [4.78, 5) is 10.9. The molecule has 5 nitrogen and oxygen atoms in total. The highest BCUT2D eigenvalue weighted by atomic mass is 19.1. The van der Waals surface area contributed by atoms with Crippen LogP contribution in [0, 0.1) is 5.82 Å². The second-order valence-corrected chi connectivity index (χ2v) is 5.47. The van der Waals surface area contributed by atoms with Gasteiger partial charge >= 0.3 is 0 Å². The van der Waals surface area contributed by atoms with Crippen molar-refractivity contribution in [2.45, 2.75) is 0 Å². The third kappa shape index (κ3) is 2.71. The Morgan fingerprint density at radius 3 is 2.46 bits per heavy atom. The second-order valence-electron chi connectivity index (χ2n) is 5.47. The summed E-state index contributed by atoms with van der Waals surface area (Å²) in [7, 11) is 6.86. The average molecular weight is 327 g/mol. The van der Waals surface area contributed by atoms with E-state index < -0.39 is 5.82 Å². The third-order valence-corrected chi connectivity index (χ3v) is 3.73. The van der Waals surface area contributed by atoms with E-state index in [2.05, 4.69) is 9.97 Å². The van der Waals surface area contributed by atoms with Gasteiger partial charge in [0.1, 0.15) is 23.1 Å². The summed E-state index contributed by atoms with van der Waals surface area (Å²) in [5.74, 6) is 1.65. The highest BCUT2D eigenvalue weighted by Crippen LogP contribution is 2.34. The van der Waals surface area contributed by atoms with Gasteiger partial charge in [-0.3, -0.25) is 0 Å². The first-order valence-electron chi connectivity index (χ1n) is 7.41. The van der Waals surface area contributed by atoms with E-state index in [1.54, 1.807) is 19.2 Å². The van der Waals surface area contributed by atoms with Crippen molar-refractivity contribution in [1.82, 2.24) is 9.97 Å². The van der Waals surface area contributed by atoms with Crippen molar-refractivity contribution in [3.63, 3.8) is 0 Å². The number of ether oxygens (including phenoxy) is 2. The Hall–Kier alpha value is -2.89. The van der Waals surface area contributed by atoms with E-state index in [-0.39, 0.29) is 11.4 Å². The van der Waals surface area contributed by atoms with Crippen molar-refractivity contribution < 1.29 is 13.9 Å². The lowest BCUT2D eigenvalue weighted by atomic mass is 10.1. The van der Waals surface area contributed by atoms with E-state index in [4.69, 9.17) is 9.47 Å². The van der Waals surface area contributed by atoms with Crippen LogP contribution in [0.1, 0.15) is 0 Å². The number of halogens is 1. The van der Waals surface area contributed by atoms with Gasteiger partial charge in [-0.15, -0.1) is 0 Å². The van der Waals surface area contributed by atoms with Crippen LogP contribution in [0.15, 0.2) is 36.4 Å². The molecular weight excluding hydrogens is 309 g/mol. The van der Waals surface area contributed by atoms with Gasteiger partial charge in [-0.1, -0.05) is 6.07 Å². The lowest BCUT2D eigenvalue weighted by Gasteiger charge is -2.17. The number of aromatic nitrogens is 2. The number of hydrogen-bond donors (Lipinski definition) is 0. The molecule has 0 aliphatic carbocycles. The summed E-state index contributed by atoms with van der Waals surface area (Å²) in [6.07, 6.45) is 0. The van der Waals surface area contributed by atoms with Gasteiger partial charge in [-0.2, -0.15) is 0 Å². The zero-order valence-electron chi connectivity index (χ0n) is 14.0. The van der Waals surface area contributed by atoms with Crippen molar-refractivity contribution in [3.8, 4) is 22.9 Å². The predicted octanol–water partition coefficient (Wildman–Crippen LogP) is 3.52. The van der Waals surface area contributed by atoms with Gasteiger partial charge in [0.2, 0.25) is 0 Å². The molecule has 0 aliphatic rings. The first-order chi connectivity index (χ1) is 11.5. The van der Waals surface area contributed by atoms with Crippen LogP contribution in [0.25, 0.3) is 22.3 Å². The van der Waals surface area contributed by atoms with Crippen LogP contribution in [0.4, 0.5) is 10.2 Å². The predicted molar refractivity (Wildman–Crippen MR) is 92.4 cm³/mol. The van der Waals surface area contributed by atoms with Gasteiger partial charge in [-0.25, -0.2) is 14.4 Å². The summed E-state index contributed by atoms with van der Waals surface area (Å²) in [6, 6.07) is 10.2. The van der Waals surface area contributed by atoms with Crippen molar-refractivity contribution in [2.75, 3.05) is 33.2 Å². The number of methoxy groups -OCH3 is 2. The molecule has 0 unspecified atom stereocenters. The average Bonchev–Trinajstić information content (AvgIpc) is 2.59. The van der Waals surface area contributed by atoms with Gasteiger partial charge in [0, 0.05) is 19.5 Å². The Morgan fingerprint density at radius 1 is 1.00 bits per heavy atom. The molecule has 3 aromatic rings. The minimum atomic E-state index is -0.424. The minimum absolute atomic E-state index is 0.251. The molecule has 24 heavy (non-hydrogen) atoms. The van der Waals surface area contributed by atoms with Gasteiger partial charge < -0.3 is 14.4 Å². The molecule has 124 valence electrons. The largest absolute Gasteiger partial charge is 0.497 e. The fraction of sp³-hybridized carbons (Fsp3) is 0.222. The van der Waals surface area contributed by atoms with Crippen molar-refractivity contribution in [2.24, 2.45) is 0 Å². The van der Waals surface area contributed by atoms with Crippen LogP contribution in [0.3, 0.4) is 0 Å². The maximum atomic E-state index is 14.4. The molecule has 3 rings (SSSR count). The van der Waals surface area contributed by atoms with E-state index >= 15 is 0 Å². The van der Waals surface area contributed by atoms with Crippen LogP contribution < -0.4 is 14.4 Å². The van der Waals surface area contributed by atoms with Crippen LogP contribution in [0.2, 0.25) is 0 Å². The molecule has 2 aromatic carbocycles. The maximum Gasteiger partial charge on any atom is 0.168 e. The molecule has 0 N–H and O–H groups in total. The molecule has 0 saturated carbocycles. The molecule has 0 fully saturated rings. The maximum absolute atomic E-state index is 14.4. The SMILES string of the molecule is COc1ccc2nc(-c3c(F)cccc3OC)nc(N(C)C)c2c1.